The number of benzene rings is 2. The normalized spacial score (nSPS) is 14.1. The fraction of sp³-hybridized carbons (Fsp3) is 0.429. The number of hydrogen-bond donors (Lipinski definition) is 0. The molecule has 2 aliphatic rings. The van der Waals surface area contributed by atoms with E-state index in [1.807, 2.05) is 0 Å². The first-order valence-electron chi connectivity index (χ1n) is 11.4. The first-order valence-corrected chi connectivity index (χ1v) is 19.1. The molecule has 0 saturated heterocycles. The standard InChI is InChI=1S/C28H34Si.2ClH.Zr/c1-27(2,3)25-15-13-19(21-9-7-11-23(21)25)17-29-18-20-14-16-26(28(4,5)6)24-12-8-10-22(20)24;;;/h7-8,11-16H,9-10,17-18H2,1-6H3;2*1H;/q;;;+2/p-2. The molecule has 0 N–H and O–H groups in total. The number of rotatable bonds is 4. The second-order valence-corrected chi connectivity index (χ2v) is 15.7. The average molecular weight is 561 g/mol. The van der Waals surface area contributed by atoms with Crippen molar-refractivity contribution in [2.45, 2.75) is 77.3 Å². The molecule has 168 valence electrons. The second kappa shape index (κ2) is 10.9. The van der Waals surface area contributed by atoms with Gasteiger partial charge in [0.1, 0.15) is 0 Å². The summed E-state index contributed by atoms with van der Waals surface area (Å²) in [6.07, 6.45) is 11.6. The molecule has 0 heterocycles. The Morgan fingerprint density at radius 1 is 0.719 bits per heavy atom. The van der Waals surface area contributed by atoms with E-state index in [-0.39, 0.29) is 10.8 Å². The zero-order valence-electron chi connectivity index (χ0n) is 20.2. The fourth-order valence-electron chi connectivity index (χ4n) is 4.84. The van der Waals surface area contributed by atoms with Crippen LogP contribution in [0.4, 0.5) is 0 Å². The van der Waals surface area contributed by atoms with E-state index in [2.05, 4.69) is 90.1 Å². The van der Waals surface area contributed by atoms with Crippen molar-refractivity contribution >= 4 is 38.7 Å². The van der Waals surface area contributed by atoms with Gasteiger partial charge >= 0.3 is 37.9 Å². The van der Waals surface area contributed by atoms with Gasteiger partial charge in [0.15, 0.2) is 0 Å². The van der Waals surface area contributed by atoms with Crippen molar-refractivity contribution in [2.24, 2.45) is 0 Å². The molecule has 0 saturated carbocycles. The van der Waals surface area contributed by atoms with Gasteiger partial charge in [0.05, 0.1) is 0 Å². The van der Waals surface area contributed by atoms with E-state index in [1.54, 1.807) is 22.3 Å². The van der Waals surface area contributed by atoms with Crippen LogP contribution in [0, 0.1) is 0 Å². The zero-order chi connectivity index (χ0) is 23.5. The Morgan fingerprint density at radius 3 is 1.44 bits per heavy atom. The van der Waals surface area contributed by atoms with Gasteiger partial charge in [-0.15, -0.1) is 0 Å². The van der Waals surface area contributed by atoms with Crippen LogP contribution in [-0.4, -0.2) is 9.52 Å². The Bertz CT molecular complexity index is 942. The molecule has 0 nitrogen and oxygen atoms in total. The van der Waals surface area contributed by atoms with Gasteiger partial charge in [-0.25, -0.2) is 0 Å². The zero-order valence-corrected chi connectivity index (χ0v) is 25.2. The Hall–Kier alpha value is -0.400. The summed E-state index contributed by atoms with van der Waals surface area (Å²) < 4.78 is 0. The van der Waals surface area contributed by atoms with Gasteiger partial charge in [-0.3, -0.25) is 0 Å². The number of halogens is 2. The Kier molecular flexibility index (Phi) is 8.93. The maximum absolute atomic E-state index is 4.93. The van der Waals surface area contributed by atoms with Crippen LogP contribution in [0.5, 0.6) is 0 Å². The molecule has 0 bridgehead atoms. The predicted octanol–water partition coefficient (Wildman–Crippen LogP) is 8.20. The molecule has 2 radical (unpaired) electrons. The molecule has 0 aromatic heterocycles. The van der Waals surface area contributed by atoms with E-state index in [9.17, 15) is 0 Å². The molecule has 0 spiro atoms. The van der Waals surface area contributed by atoms with Crippen molar-refractivity contribution < 1.29 is 20.8 Å². The van der Waals surface area contributed by atoms with Crippen molar-refractivity contribution in [3.8, 4) is 0 Å². The number of allylic oxidation sites excluding steroid dienone is 2. The van der Waals surface area contributed by atoms with Gasteiger partial charge in [-0.05, 0) is 80.3 Å². The van der Waals surface area contributed by atoms with Crippen molar-refractivity contribution in [1.82, 2.24) is 0 Å². The van der Waals surface area contributed by atoms with Gasteiger partial charge in [-0.2, -0.15) is 0 Å². The first kappa shape index (κ1) is 26.2. The summed E-state index contributed by atoms with van der Waals surface area (Å²) in [5, 5.41) is 0. The number of hydrogen-bond acceptors (Lipinski definition) is 0. The van der Waals surface area contributed by atoms with Gasteiger partial charge < -0.3 is 0 Å². The van der Waals surface area contributed by atoms with Crippen LogP contribution in [-0.2, 0) is 56.6 Å². The molecule has 0 atom stereocenters. The van der Waals surface area contributed by atoms with Gasteiger partial charge in [-0.1, -0.05) is 90.1 Å². The summed E-state index contributed by atoms with van der Waals surface area (Å²) in [5.41, 5.74) is 12.7. The molecule has 2 aromatic rings. The van der Waals surface area contributed by atoms with Gasteiger partial charge in [0.25, 0.3) is 0 Å². The third-order valence-corrected chi connectivity index (χ3v) is 7.63. The summed E-state index contributed by atoms with van der Waals surface area (Å²) in [5.74, 6) is 0. The van der Waals surface area contributed by atoms with Crippen LogP contribution in [0.1, 0.15) is 86.1 Å². The van der Waals surface area contributed by atoms with Gasteiger partial charge in [0, 0.05) is 9.52 Å². The van der Waals surface area contributed by atoms with Crippen molar-refractivity contribution in [1.29, 1.82) is 0 Å². The summed E-state index contributed by atoms with van der Waals surface area (Å²) >= 11 is -0.826. The SMILES string of the molecule is CC(C)(C)c1ccc(C[Si]Cc2ccc(C(C)(C)C)c3c2CC=C3)c2c1C=CC2.[Cl][Zr][Cl]. The van der Waals surface area contributed by atoms with E-state index >= 15 is 0 Å². The minimum atomic E-state index is -0.826. The van der Waals surface area contributed by atoms with Crippen LogP contribution in [0.3, 0.4) is 0 Å². The fourth-order valence-corrected chi connectivity index (χ4v) is 6.17. The predicted molar refractivity (Wildman–Crippen MR) is 141 cm³/mol. The first-order chi connectivity index (χ1) is 15.1. The summed E-state index contributed by atoms with van der Waals surface area (Å²) in [6, 6.07) is 12.0. The Labute approximate surface area is 216 Å². The van der Waals surface area contributed by atoms with Crippen LogP contribution >= 0.6 is 17.0 Å². The van der Waals surface area contributed by atoms with E-state index < -0.39 is 20.8 Å². The van der Waals surface area contributed by atoms with Crippen molar-refractivity contribution in [2.75, 3.05) is 0 Å². The molecule has 0 unspecified atom stereocenters. The van der Waals surface area contributed by atoms with Gasteiger partial charge in [0.2, 0.25) is 0 Å². The van der Waals surface area contributed by atoms with Crippen LogP contribution in [0.2, 0.25) is 0 Å². The van der Waals surface area contributed by atoms with E-state index in [4.69, 9.17) is 17.0 Å². The van der Waals surface area contributed by atoms with E-state index in [1.165, 1.54) is 34.3 Å². The second-order valence-electron chi connectivity index (χ2n) is 10.7. The molecule has 0 aliphatic heterocycles. The Balaban J connectivity index is 0.000000913. The molecule has 4 heteroatoms. The topological polar surface area (TPSA) is 0 Å². The molecule has 0 fully saturated rings. The molecular formula is C28H34Cl2SiZr. The molecule has 2 aliphatic carbocycles. The molecule has 4 rings (SSSR count). The summed E-state index contributed by atoms with van der Waals surface area (Å²) in [6.45, 7) is 14.0. The summed E-state index contributed by atoms with van der Waals surface area (Å²) in [4.78, 5) is 0. The number of fused-ring (bicyclic) bond motifs is 2. The monoisotopic (exact) mass is 558 g/mol. The minimum absolute atomic E-state index is 0.210. The van der Waals surface area contributed by atoms with Crippen LogP contribution < -0.4 is 0 Å². The van der Waals surface area contributed by atoms with Crippen LogP contribution in [0.25, 0.3) is 12.2 Å². The van der Waals surface area contributed by atoms with E-state index in [0.29, 0.717) is 0 Å². The molecule has 32 heavy (non-hydrogen) atoms. The van der Waals surface area contributed by atoms with Crippen molar-refractivity contribution in [3.05, 3.63) is 80.9 Å². The van der Waals surface area contributed by atoms with Crippen LogP contribution in [0.15, 0.2) is 36.4 Å². The quantitative estimate of drug-likeness (QED) is 0.331. The average Bonchev–Trinajstić information content (AvgIpc) is 3.36. The molecule has 0 amide bonds. The van der Waals surface area contributed by atoms with E-state index in [0.717, 1.165) is 22.4 Å². The molecular weight excluding hydrogens is 527 g/mol. The Morgan fingerprint density at radius 2 is 1.09 bits per heavy atom. The third kappa shape index (κ3) is 5.99. The maximum atomic E-state index is 4.93. The van der Waals surface area contributed by atoms with Crippen molar-refractivity contribution in [3.63, 3.8) is 0 Å². The molecule has 2 aromatic carbocycles. The summed E-state index contributed by atoms with van der Waals surface area (Å²) in [7, 11) is 10.8. The third-order valence-electron chi connectivity index (χ3n) is 6.37.